The Morgan fingerprint density at radius 3 is 2.29 bits per heavy atom. The van der Waals surface area contributed by atoms with E-state index in [0.29, 0.717) is 19.0 Å². The van der Waals surface area contributed by atoms with Gasteiger partial charge < -0.3 is 20.5 Å². The van der Waals surface area contributed by atoms with Crippen LogP contribution in [0.15, 0.2) is 48.7 Å². The van der Waals surface area contributed by atoms with Crippen LogP contribution in [0.2, 0.25) is 0 Å². The summed E-state index contributed by atoms with van der Waals surface area (Å²) < 4.78 is 11.4. The predicted octanol–water partition coefficient (Wildman–Crippen LogP) is 4.36. The van der Waals surface area contributed by atoms with Crippen LogP contribution in [0, 0.1) is 0 Å². The molecule has 0 aliphatic rings. The maximum atomic E-state index is 5.74. The molecule has 0 radical (unpaired) electrons. The lowest BCUT2D eigenvalue weighted by Crippen LogP contribution is -2.00. The van der Waals surface area contributed by atoms with Crippen LogP contribution >= 0.6 is 0 Å². The molecule has 5 nitrogen and oxygen atoms in total. The summed E-state index contributed by atoms with van der Waals surface area (Å²) in [5.41, 5.74) is 9.24. The second-order valence-electron chi connectivity index (χ2n) is 5.29. The third-order valence-corrected chi connectivity index (χ3v) is 3.60. The minimum Gasteiger partial charge on any atom is -0.490 e. The van der Waals surface area contributed by atoms with E-state index in [0.717, 1.165) is 33.7 Å². The van der Waals surface area contributed by atoms with Crippen molar-refractivity contribution in [1.29, 1.82) is 0 Å². The number of anilines is 3. The van der Waals surface area contributed by atoms with Gasteiger partial charge in [0.05, 0.1) is 18.7 Å². The van der Waals surface area contributed by atoms with Gasteiger partial charge in [-0.15, -0.1) is 0 Å². The van der Waals surface area contributed by atoms with E-state index in [1.165, 1.54) is 0 Å². The molecule has 1 aromatic heterocycles. The molecule has 0 spiro atoms. The highest BCUT2D eigenvalue weighted by Gasteiger charge is 2.11. The number of nitrogens with two attached hydrogens (primary N) is 1. The van der Waals surface area contributed by atoms with Crippen LogP contribution in [-0.4, -0.2) is 18.2 Å². The Balaban J connectivity index is 2.04. The van der Waals surface area contributed by atoms with E-state index in [2.05, 4.69) is 10.3 Å². The van der Waals surface area contributed by atoms with E-state index in [4.69, 9.17) is 15.2 Å². The van der Waals surface area contributed by atoms with Crippen LogP contribution in [-0.2, 0) is 0 Å². The van der Waals surface area contributed by atoms with E-state index >= 15 is 0 Å². The third kappa shape index (κ3) is 3.35. The van der Waals surface area contributed by atoms with Crippen molar-refractivity contribution in [3.8, 4) is 11.5 Å². The highest BCUT2D eigenvalue weighted by Crippen LogP contribution is 2.35. The molecule has 0 atom stereocenters. The summed E-state index contributed by atoms with van der Waals surface area (Å²) in [6.45, 7) is 5.06. The number of nitrogen functional groups attached to an aromatic ring is 1. The molecule has 3 aromatic rings. The van der Waals surface area contributed by atoms with Gasteiger partial charge >= 0.3 is 0 Å². The standard InChI is InChI=1S/C19H21N3O2/c1-3-23-18-11-15-16(22-14-7-5-13(20)6-8-14)9-10-21-17(15)12-19(18)24-4-2/h5-12H,3-4,20H2,1-2H3,(H,21,22). The second kappa shape index (κ2) is 7.08. The van der Waals surface area contributed by atoms with Gasteiger partial charge in [-0.05, 0) is 50.2 Å². The topological polar surface area (TPSA) is 69.4 Å². The average molecular weight is 323 g/mol. The maximum Gasteiger partial charge on any atom is 0.163 e. The predicted molar refractivity (Wildman–Crippen MR) is 98.2 cm³/mol. The van der Waals surface area contributed by atoms with Gasteiger partial charge in [0, 0.05) is 34.7 Å². The van der Waals surface area contributed by atoms with Crippen LogP contribution in [0.25, 0.3) is 10.9 Å². The molecule has 0 aliphatic carbocycles. The first-order valence-corrected chi connectivity index (χ1v) is 8.02. The lowest BCUT2D eigenvalue weighted by Gasteiger charge is -2.14. The van der Waals surface area contributed by atoms with Crippen molar-refractivity contribution in [2.75, 3.05) is 24.3 Å². The van der Waals surface area contributed by atoms with E-state index in [-0.39, 0.29) is 0 Å². The summed E-state index contributed by atoms with van der Waals surface area (Å²) in [7, 11) is 0. The Kier molecular flexibility index (Phi) is 4.70. The van der Waals surface area contributed by atoms with Crippen molar-refractivity contribution in [3.63, 3.8) is 0 Å². The van der Waals surface area contributed by atoms with Crippen molar-refractivity contribution in [1.82, 2.24) is 4.98 Å². The third-order valence-electron chi connectivity index (χ3n) is 3.60. The minimum absolute atomic E-state index is 0.576. The lowest BCUT2D eigenvalue weighted by atomic mass is 10.1. The first kappa shape index (κ1) is 15.9. The highest BCUT2D eigenvalue weighted by atomic mass is 16.5. The fourth-order valence-electron chi connectivity index (χ4n) is 2.52. The summed E-state index contributed by atoms with van der Waals surface area (Å²) >= 11 is 0. The molecule has 3 rings (SSSR count). The van der Waals surface area contributed by atoms with Crippen LogP contribution in [0.3, 0.4) is 0 Å². The first-order chi connectivity index (χ1) is 11.7. The number of benzene rings is 2. The number of ether oxygens (including phenoxy) is 2. The van der Waals surface area contributed by atoms with Crippen molar-refractivity contribution in [2.24, 2.45) is 0 Å². The Bertz CT molecular complexity index is 832. The quantitative estimate of drug-likeness (QED) is 0.660. The number of nitrogens with zero attached hydrogens (tertiary/aromatic N) is 1. The number of hydrogen-bond donors (Lipinski definition) is 2. The van der Waals surface area contributed by atoms with Gasteiger partial charge in [-0.2, -0.15) is 0 Å². The number of rotatable bonds is 6. The molecule has 124 valence electrons. The number of pyridine rings is 1. The maximum absolute atomic E-state index is 5.74. The minimum atomic E-state index is 0.576. The SMILES string of the molecule is CCOc1cc2nccc(Nc3ccc(N)cc3)c2cc1OCC. The molecule has 0 fully saturated rings. The second-order valence-corrected chi connectivity index (χ2v) is 5.29. The fraction of sp³-hybridized carbons (Fsp3) is 0.211. The Hall–Kier alpha value is -2.95. The zero-order valence-corrected chi connectivity index (χ0v) is 13.9. The molecule has 0 unspecified atom stereocenters. The first-order valence-electron chi connectivity index (χ1n) is 8.02. The summed E-state index contributed by atoms with van der Waals surface area (Å²) in [6.07, 6.45) is 1.78. The molecule has 3 N–H and O–H groups in total. The summed E-state index contributed by atoms with van der Waals surface area (Å²) in [5.74, 6) is 1.43. The van der Waals surface area contributed by atoms with Crippen LogP contribution < -0.4 is 20.5 Å². The normalized spacial score (nSPS) is 10.6. The molecule has 2 aromatic carbocycles. The number of nitrogens with one attached hydrogen (secondary N) is 1. The molecule has 0 saturated carbocycles. The average Bonchev–Trinajstić information content (AvgIpc) is 2.58. The largest absolute Gasteiger partial charge is 0.490 e. The van der Waals surface area contributed by atoms with Gasteiger partial charge in [0.2, 0.25) is 0 Å². The van der Waals surface area contributed by atoms with E-state index in [9.17, 15) is 0 Å². The smallest absolute Gasteiger partial charge is 0.163 e. The van der Waals surface area contributed by atoms with Crippen molar-refractivity contribution < 1.29 is 9.47 Å². The molecular weight excluding hydrogens is 302 g/mol. The molecule has 0 saturated heterocycles. The lowest BCUT2D eigenvalue weighted by molar-refractivity contribution is 0.288. The van der Waals surface area contributed by atoms with Crippen LogP contribution in [0.4, 0.5) is 17.1 Å². The van der Waals surface area contributed by atoms with E-state index in [1.54, 1.807) is 6.20 Å². The molecule has 0 bridgehead atoms. The van der Waals surface area contributed by atoms with E-state index in [1.807, 2.05) is 56.3 Å². The zero-order valence-electron chi connectivity index (χ0n) is 13.9. The molecule has 5 heteroatoms. The highest BCUT2D eigenvalue weighted by molar-refractivity contribution is 5.95. The fourth-order valence-corrected chi connectivity index (χ4v) is 2.52. The molecular formula is C19H21N3O2. The van der Waals surface area contributed by atoms with Gasteiger partial charge in [-0.3, -0.25) is 4.98 Å². The summed E-state index contributed by atoms with van der Waals surface area (Å²) in [6, 6.07) is 13.4. The monoisotopic (exact) mass is 323 g/mol. The van der Waals surface area contributed by atoms with Gasteiger partial charge in [-0.25, -0.2) is 0 Å². The summed E-state index contributed by atoms with van der Waals surface area (Å²) in [5, 5.41) is 4.38. The van der Waals surface area contributed by atoms with Gasteiger partial charge in [0.25, 0.3) is 0 Å². The van der Waals surface area contributed by atoms with Crippen LogP contribution in [0.1, 0.15) is 13.8 Å². The molecule has 0 aliphatic heterocycles. The number of fused-ring (bicyclic) bond motifs is 1. The summed E-state index contributed by atoms with van der Waals surface area (Å²) in [4.78, 5) is 4.45. The van der Waals surface area contributed by atoms with Crippen molar-refractivity contribution in [2.45, 2.75) is 13.8 Å². The van der Waals surface area contributed by atoms with Gasteiger partial charge in [0.15, 0.2) is 11.5 Å². The Morgan fingerprint density at radius 1 is 0.958 bits per heavy atom. The molecule has 1 heterocycles. The van der Waals surface area contributed by atoms with Crippen molar-refractivity contribution in [3.05, 3.63) is 48.7 Å². The zero-order chi connectivity index (χ0) is 16.9. The van der Waals surface area contributed by atoms with Crippen molar-refractivity contribution >= 4 is 28.0 Å². The Labute approximate surface area is 141 Å². The number of hydrogen-bond acceptors (Lipinski definition) is 5. The molecule has 0 amide bonds. The van der Waals surface area contributed by atoms with Gasteiger partial charge in [0.1, 0.15) is 0 Å². The van der Waals surface area contributed by atoms with E-state index < -0.39 is 0 Å². The molecule has 24 heavy (non-hydrogen) atoms. The van der Waals surface area contributed by atoms with Crippen LogP contribution in [0.5, 0.6) is 11.5 Å². The van der Waals surface area contributed by atoms with Gasteiger partial charge in [-0.1, -0.05) is 0 Å². The number of aromatic nitrogens is 1. The Morgan fingerprint density at radius 2 is 1.62 bits per heavy atom.